The van der Waals surface area contributed by atoms with Crippen LogP contribution in [0.1, 0.15) is 23.0 Å². The van der Waals surface area contributed by atoms with Crippen LogP contribution in [-0.2, 0) is 6.54 Å². The molecule has 6 rings (SSSR count). The smallest absolute Gasteiger partial charge is 0.186 e. The molecule has 0 N–H and O–H groups in total. The number of benzene rings is 3. The van der Waals surface area contributed by atoms with Crippen molar-refractivity contribution in [3.8, 4) is 5.75 Å². The summed E-state index contributed by atoms with van der Waals surface area (Å²) in [5, 5.41) is 13.8. The number of nitrogens with zero attached hydrogens (tertiary/aromatic N) is 7. The maximum absolute atomic E-state index is 13.4. The molecule has 0 saturated carbocycles. The number of aromatic nitrogens is 5. The predicted molar refractivity (Wildman–Crippen MR) is 142 cm³/mol. The molecule has 37 heavy (non-hydrogen) atoms. The zero-order chi connectivity index (χ0) is 25.2. The summed E-state index contributed by atoms with van der Waals surface area (Å²) in [5.74, 6) is 1.29. The first kappa shape index (κ1) is 23.5. The lowest BCUT2D eigenvalue weighted by Crippen LogP contribution is -2.48. The number of para-hydroxylation sites is 1. The van der Waals surface area contributed by atoms with Crippen LogP contribution in [-0.4, -0.2) is 63.4 Å². The fourth-order valence-corrected chi connectivity index (χ4v) is 5.78. The van der Waals surface area contributed by atoms with Gasteiger partial charge in [0.2, 0.25) is 0 Å². The fourth-order valence-electron chi connectivity index (χ4n) is 4.76. The Morgan fingerprint density at radius 3 is 2.43 bits per heavy atom. The van der Waals surface area contributed by atoms with Gasteiger partial charge in [-0.15, -0.1) is 5.10 Å². The normalized spacial score (nSPS) is 15.2. The van der Waals surface area contributed by atoms with Crippen LogP contribution >= 0.6 is 11.3 Å². The molecule has 188 valence electrons. The zero-order valence-electron chi connectivity index (χ0n) is 20.4. The number of hydrogen-bond acceptors (Lipinski definition) is 8. The molecule has 0 aliphatic carbocycles. The summed E-state index contributed by atoms with van der Waals surface area (Å²) in [5.41, 5.74) is 3.06. The van der Waals surface area contributed by atoms with Crippen molar-refractivity contribution in [1.82, 2.24) is 30.1 Å². The van der Waals surface area contributed by atoms with E-state index < -0.39 is 0 Å². The lowest BCUT2D eigenvalue weighted by atomic mass is 10.0. The summed E-state index contributed by atoms with van der Waals surface area (Å²) in [6.45, 7) is 3.82. The van der Waals surface area contributed by atoms with Crippen LogP contribution < -0.4 is 9.64 Å². The predicted octanol–water partition coefficient (Wildman–Crippen LogP) is 4.39. The molecular formula is C27H26FN7OS. The molecule has 3 heterocycles. The zero-order valence-corrected chi connectivity index (χ0v) is 21.2. The quantitative estimate of drug-likeness (QED) is 0.318. The third-order valence-electron chi connectivity index (χ3n) is 6.71. The summed E-state index contributed by atoms with van der Waals surface area (Å²) in [7, 11) is 1.66. The summed E-state index contributed by atoms with van der Waals surface area (Å²) in [6.07, 6.45) is 0. The number of anilines is 1. The van der Waals surface area contributed by atoms with Gasteiger partial charge in [-0.05, 0) is 58.0 Å². The van der Waals surface area contributed by atoms with Crippen molar-refractivity contribution >= 4 is 26.7 Å². The van der Waals surface area contributed by atoms with E-state index in [1.54, 1.807) is 30.6 Å². The van der Waals surface area contributed by atoms with E-state index in [9.17, 15) is 4.39 Å². The number of thiazole rings is 1. The number of piperazine rings is 1. The molecule has 10 heteroatoms. The van der Waals surface area contributed by atoms with Crippen LogP contribution in [0.2, 0.25) is 0 Å². The van der Waals surface area contributed by atoms with E-state index in [1.165, 1.54) is 16.8 Å². The molecule has 0 radical (unpaired) electrons. The Morgan fingerprint density at radius 1 is 0.946 bits per heavy atom. The summed E-state index contributed by atoms with van der Waals surface area (Å²) < 4.78 is 21.8. The van der Waals surface area contributed by atoms with Crippen LogP contribution in [0.4, 0.5) is 9.52 Å². The Labute approximate surface area is 217 Å². The van der Waals surface area contributed by atoms with Gasteiger partial charge in [0.1, 0.15) is 11.6 Å². The van der Waals surface area contributed by atoms with Crippen LogP contribution in [0.5, 0.6) is 5.75 Å². The largest absolute Gasteiger partial charge is 0.497 e. The van der Waals surface area contributed by atoms with Gasteiger partial charge in [0.05, 0.1) is 29.9 Å². The van der Waals surface area contributed by atoms with Crippen molar-refractivity contribution in [3.63, 3.8) is 0 Å². The number of tetrazole rings is 1. The molecule has 1 saturated heterocycles. The first-order chi connectivity index (χ1) is 18.2. The van der Waals surface area contributed by atoms with Gasteiger partial charge in [-0.3, -0.25) is 4.90 Å². The van der Waals surface area contributed by atoms with Gasteiger partial charge in [0.25, 0.3) is 0 Å². The first-order valence-corrected chi connectivity index (χ1v) is 13.0. The van der Waals surface area contributed by atoms with Crippen molar-refractivity contribution in [2.24, 2.45) is 0 Å². The molecule has 1 atom stereocenters. The molecule has 0 spiro atoms. The number of methoxy groups -OCH3 is 1. The minimum atomic E-state index is -0.261. The highest BCUT2D eigenvalue weighted by Gasteiger charge is 2.31. The van der Waals surface area contributed by atoms with Crippen molar-refractivity contribution in [2.45, 2.75) is 12.6 Å². The number of ether oxygens (including phenoxy) is 1. The topological polar surface area (TPSA) is 72.2 Å². The highest BCUT2D eigenvalue weighted by Crippen LogP contribution is 2.33. The maximum Gasteiger partial charge on any atom is 0.186 e. The Bertz CT molecular complexity index is 1440. The number of hydrogen-bond donors (Lipinski definition) is 0. The van der Waals surface area contributed by atoms with E-state index in [1.807, 2.05) is 22.9 Å². The van der Waals surface area contributed by atoms with Crippen LogP contribution in [0.3, 0.4) is 0 Å². The van der Waals surface area contributed by atoms with E-state index in [4.69, 9.17) is 9.72 Å². The second-order valence-corrected chi connectivity index (χ2v) is 9.99. The van der Waals surface area contributed by atoms with Crippen LogP contribution in [0.15, 0.2) is 72.8 Å². The van der Waals surface area contributed by atoms with Gasteiger partial charge in [-0.2, -0.15) is 0 Å². The molecule has 5 aromatic rings. The van der Waals surface area contributed by atoms with Gasteiger partial charge in [0.15, 0.2) is 11.0 Å². The molecule has 0 bridgehead atoms. The molecule has 0 amide bonds. The highest BCUT2D eigenvalue weighted by atomic mass is 32.1. The number of halogens is 1. The minimum Gasteiger partial charge on any atom is -0.497 e. The summed E-state index contributed by atoms with van der Waals surface area (Å²) in [4.78, 5) is 9.62. The maximum atomic E-state index is 13.4. The van der Waals surface area contributed by atoms with Crippen molar-refractivity contribution < 1.29 is 9.13 Å². The van der Waals surface area contributed by atoms with Gasteiger partial charge < -0.3 is 9.64 Å². The Kier molecular flexibility index (Phi) is 6.50. The molecule has 2 aromatic heterocycles. The second kappa shape index (κ2) is 10.2. The van der Waals surface area contributed by atoms with Crippen LogP contribution in [0, 0.1) is 5.82 Å². The standard InChI is InChI=1S/C27H26FN7OS/c1-36-22-12-8-20(9-13-22)25(26-30-31-32-35(26)18-19-6-10-21(28)11-7-19)33-14-16-34(17-15-33)27-29-23-4-2-3-5-24(23)37-27/h2-13,25H,14-18H2,1H3. The molecule has 8 nitrogen and oxygen atoms in total. The lowest BCUT2D eigenvalue weighted by molar-refractivity contribution is 0.201. The van der Waals surface area contributed by atoms with E-state index >= 15 is 0 Å². The minimum absolute atomic E-state index is 0.140. The molecule has 1 fully saturated rings. The van der Waals surface area contributed by atoms with Crippen LogP contribution in [0.25, 0.3) is 10.2 Å². The Balaban J connectivity index is 1.27. The SMILES string of the molecule is COc1ccc(C(c2nnnn2Cc2ccc(F)cc2)N2CCN(c3nc4ccccc4s3)CC2)cc1. The van der Waals surface area contributed by atoms with E-state index in [-0.39, 0.29) is 11.9 Å². The number of rotatable bonds is 7. The van der Waals surface area contributed by atoms with Gasteiger partial charge in [-0.25, -0.2) is 14.1 Å². The molecule has 1 unspecified atom stereocenters. The average Bonchev–Trinajstić information content (AvgIpc) is 3.58. The van der Waals surface area contributed by atoms with Gasteiger partial charge in [-0.1, -0.05) is 47.7 Å². The lowest BCUT2D eigenvalue weighted by Gasteiger charge is -2.38. The van der Waals surface area contributed by atoms with Gasteiger partial charge in [0, 0.05) is 26.2 Å². The Hall–Kier alpha value is -3.89. The summed E-state index contributed by atoms with van der Waals surface area (Å²) >= 11 is 1.74. The number of fused-ring (bicyclic) bond motifs is 1. The van der Waals surface area contributed by atoms with E-state index in [0.29, 0.717) is 6.54 Å². The molecule has 1 aliphatic heterocycles. The molecule has 1 aliphatic rings. The monoisotopic (exact) mass is 515 g/mol. The van der Waals surface area contributed by atoms with Crippen molar-refractivity contribution in [1.29, 1.82) is 0 Å². The van der Waals surface area contributed by atoms with Crippen molar-refractivity contribution in [3.05, 3.63) is 95.6 Å². The van der Waals surface area contributed by atoms with Crippen molar-refractivity contribution in [2.75, 3.05) is 38.2 Å². The first-order valence-electron chi connectivity index (χ1n) is 12.2. The molecule has 3 aromatic carbocycles. The van der Waals surface area contributed by atoms with E-state index in [2.05, 4.69) is 55.7 Å². The average molecular weight is 516 g/mol. The third-order valence-corrected chi connectivity index (χ3v) is 7.81. The van der Waals surface area contributed by atoms with E-state index in [0.717, 1.165) is 59.5 Å². The molecular weight excluding hydrogens is 489 g/mol. The third kappa shape index (κ3) is 4.90. The van der Waals surface area contributed by atoms with Gasteiger partial charge >= 0.3 is 0 Å². The Morgan fingerprint density at radius 2 is 1.70 bits per heavy atom. The fraction of sp³-hybridized carbons (Fsp3) is 0.259. The summed E-state index contributed by atoms with van der Waals surface area (Å²) in [6, 6.07) is 22.6. The second-order valence-electron chi connectivity index (χ2n) is 8.98. The highest BCUT2D eigenvalue weighted by molar-refractivity contribution is 7.22.